The van der Waals surface area contributed by atoms with E-state index < -0.39 is 0 Å². The molecule has 0 atom stereocenters. The summed E-state index contributed by atoms with van der Waals surface area (Å²) in [6.07, 6.45) is 2.16. The zero-order valence-corrected chi connectivity index (χ0v) is 12.5. The first kappa shape index (κ1) is 15.7. The molecule has 0 unspecified atom stereocenters. The van der Waals surface area contributed by atoms with Crippen LogP contribution in [0.4, 0.5) is 0 Å². The van der Waals surface area contributed by atoms with Gasteiger partial charge in [-0.3, -0.25) is 4.79 Å². The summed E-state index contributed by atoms with van der Waals surface area (Å²) in [5.41, 5.74) is 9.42. The van der Waals surface area contributed by atoms with Crippen molar-refractivity contribution in [2.45, 2.75) is 52.5 Å². The van der Waals surface area contributed by atoms with Crippen molar-refractivity contribution in [3.8, 4) is 0 Å². The Labute approximate surface area is 116 Å². The van der Waals surface area contributed by atoms with Gasteiger partial charge in [0.1, 0.15) is 0 Å². The van der Waals surface area contributed by atoms with E-state index in [0.717, 1.165) is 18.4 Å². The third kappa shape index (κ3) is 4.67. The smallest absolute Gasteiger partial charge is 0.224 e. The molecule has 0 aliphatic heterocycles. The molecule has 1 amide bonds. The summed E-state index contributed by atoms with van der Waals surface area (Å²) in [5, 5.41) is 2.94. The summed E-state index contributed by atoms with van der Waals surface area (Å²) in [6.45, 7) is 8.79. The van der Waals surface area contributed by atoms with E-state index >= 15 is 0 Å². The lowest BCUT2D eigenvalue weighted by molar-refractivity contribution is -0.120. The van der Waals surface area contributed by atoms with Crippen LogP contribution in [-0.4, -0.2) is 18.0 Å². The lowest BCUT2D eigenvalue weighted by atomic mass is 9.94. The van der Waals surface area contributed by atoms with Gasteiger partial charge in [-0.05, 0) is 43.4 Å². The normalized spacial score (nSPS) is 11.4. The lowest BCUT2D eigenvalue weighted by Gasteiger charge is -2.26. The molecule has 0 aromatic heterocycles. The second kappa shape index (κ2) is 6.71. The Bertz CT molecular complexity index is 436. The molecule has 1 aromatic rings. The molecule has 0 fully saturated rings. The molecule has 0 aliphatic carbocycles. The molecule has 0 saturated carbocycles. The molecule has 3 heteroatoms. The fourth-order valence-electron chi connectivity index (χ4n) is 1.94. The number of amides is 1. The molecule has 3 N–H and O–H groups in total. The zero-order valence-electron chi connectivity index (χ0n) is 12.5. The predicted molar refractivity (Wildman–Crippen MR) is 80.1 cm³/mol. The number of nitrogens with one attached hydrogen (secondary N) is 1. The number of carbonyl (C=O) groups excluding carboxylic acids is 1. The van der Waals surface area contributed by atoms with Crippen molar-refractivity contribution in [3.63, 3.8) is 0 Å². The van der Waals surface area contributed by atoms with Gasteiger partial charge in [0.15, 0.2) is 0 Å². The highest BCUT2D eigenvalue weighted by Crippen LogP contribution is 2.11. The molecule has 0 spiro atoms. The van der Waals surface area contributed by atoms with Crippen LogP contribution < -0.4 is 11.1 Å². The molecule has 0 aliphatic rings. The van der Waals surface area contributed by atoms with Gasteiger partial charge in [-0.15, -0.1) is 0 Å². The van der Waals surface area contributed by atoms with Crippen molar-refractivity contribution in [2.24, 2.45) is 5.73 Å². The quantitative estimate of drug-likeness (QED) is 0.827. The number of rotatable bonds is 6. The number of benzene rings is 1. The molecule has 106 valence electrons. The van der Waals surface area contributed by atoms with Crippen LogP contribution in [0.15, 0.2) is 18.2 Å². The van der Waals surface area contributed by atoms with E-state index in [1.807, 2.05) is 6.07 Å². The van der Waals surface area contributed by atoms with Crippen LogP contribution in [-0.2, 0) is 11.2 Å². The van der Waals surface area contributed by atoms with Crippen LogP contribution in [0.3, 0.4) is 0 Å². The fraction of sp³-hybridized carbons (Fsp3) is 0.562. The Balaban J connectivity index is 2.53. The summed E-state index contributed by atoms with van der Waals surface area (Å²) >= 11 is 0. The van der Waals surface area contributed by atoms with Crippen molar-refractivity contribution in [1.29, 1.82) is 0 Å². The van der Waals surface area contributed by atoms with Gasteiger partial charge >= 0.3 is 0 Å². The highest BCUT2D eigenvalue weighted by atomic mass is 16.1. The van der Waals surface area contributed by atoms with E-state index in [1.54, 1.807) is 0 Å². The molecule has 1 aromatic carbocycles. The van der Waals surface area contributed by atoms with Crippen molar-refractivity contribution in [1.82, 2.24) is 5.32 Å². The van der Waals surface area contributed by atoms with E-state index in [-0.39, 0.29) is 11.4 Å². The van der Waals surface area contributed by atoms with Crippen LogP contribution >= 0.6 is 0 Å². The molecule has 0 bridgehead atoms. The Morgan fingerprint density at radius 3 is 2.37 bits per heavy atom. The maximum Gasteiger partial charge on any atom is 0.224 e. The van der Waals surface area contributed by atoms with Gasteiger partial charge in [0, 0.05) is 12.1 Å². The van der Waals surface area contributed by atoms with Crippen LogP contribution in [0.2, 0.25) is 0 Å². The number of carbonyl (C=O) groups is 1. The lowest BCUT2D eigenvalue weighted by Crippen LogP contribution is -2.49. The highest BCUT2D eigenvalue weighted by Gasteiger charge is 2.20. The van der Waals surface area contributed by atoms with Gasteiger partial charge in [0.2, 0.25) is 5.91 Å². The molecule has 0 heterocycles. The number of nitrogens with two attached hydrogens (primary N) is 1. The summed E-state index contributed by atoms with van der Waals surface area (Å²) in [4.78, 5) is 11.9. The second-order valence-electron chi connectivity index (χ2n) is 5.44. The predicted octanol–water partition coefficient (Wildman–Crippen LogP) is 2.48. The third-order valence-electron chi connectivity index (χ3n) is 3.98. The maximum absolute atomic E-state index is 11.9. The molecule has 3 nitrogen and oxygen atoms in total. The minimum atomic E-state index is -0.279. The Hall–Kier alpha value is -1.35. The van der Waals surface area contributed by atoms with Crippen LogP contribution in [0.1, 0.15) is 43.4 Å². The van der Waals surface area contributed by atoms with Crippen molar-refractivity contribution < 1.29 is 4.79 Å². The van der Waals surface area contributed by atoms with Gasteiger partial charge in [0.25, 0.3) is 0 Å². The largest absolute Gasteiger partial charge is 0.354 e. The third-order valence-corrected chi connectivity index (χ3v) is 3.98. The highest BCUT2D eigenvalue weighted by molar-refractivity contribution is 5.78. The number of aryl methyl sites for hydroxylation is 2. The number of hydrogen-bond acceptors (Lipinski definition) is 2. The molecule has 0 radical (unpaired) electrons. The van der Waals surface area contributed by atoms with E-state index in [2.05, 4.69) is 45.1 Å². The molecular formula is C16H26N2O. The van der Waals surface area contributed by atoms with Gasteiger partial charge in [-0.2, -0.15) is 0 Å². The summed E-state index contributed by atoms with van der Waals surface area (Å²) in [7, 11) is 0. The average Bonchev–Trinajstić information content (AvgIpc) is 2.40. The van der Waals surface area contributed by atoms with Crippen LogP contribution in [0, 0.1) is 13.8 Å². The SMILES string of the molecule is CCC(N)(CC)CNC(=O)Cc1ccc(C)c(C)c1. The molecule has 1 rings (SSSR count). The monoisotopic (exact) mass is 262 g/mol. The minimum Gasteiger partial charge on any atom is -0.354 e. The van der Waals surface area contributed by atoms with Gasteiger partial charge in [-0.25, -0.2) is 0 Å². The van der Waals surface area contributed by atoms with Crippen LogP contribution in [0.5, 0.6) is 0 Å². The standard InChI is InChI=1S/C16H26N2O/c1-5-16(17,6-2)11-18-15(19)10-14-8-7-12(3)13(4)9-14/h7-9H,5-6,10-11,17H2,1-4H3,(H,18,19). The van der Waals surface area contributed by atoms with Gasteiger partial charge in [-0.1, -0.05) is 32.0 Å². The van der Waals surface area contributed by atoms with E-state index in [1.165, 1.54) is 11.1 Å². The van der Waals surface area contributed by atoms with Crippen molar-refractivity contribution in [2.75, 3.05) is 6.54 Å². The second-order valence-corrected chi connectivity index (χ2v) is 5.44. The number of hydrogen-bond donors (Lipinski definition) is 2. The van der Waals surface area contributed by atoms with E-state index in [9.17, 15) is 4.79 Å². The van der Waals surface area contributed by atoms with Gasteiger partial charge in [0.05, 0.1) is 6.42 Å². The first-order valence-electron chi connectivity index (χ1n) is 7.02. The van der Waals surface area contributed by atoms with E-state index in [0.29, 0.717) is 13.0 Å². The zero-order chi connectivity index (χ0) is 14.5. The first-order valence-corrected chi connectivity index (χ1v) is 7.02. The van der Waals surface area contributed by atoms with E-state index in [4.69, 9.17) is 5.73 Å². The summed E-state index contributed by atoms with van der Waals surface area (Å²) in [5.74, 6) is 0.0416. The Kier molecular flexibility index (Phi) is 5.55. The molecular weight excluding hydrogens is 236 g/mol. The molecule has 19 heavy (non-hydrogen) atoms. The van der Waals surface area contributed by atoms with Crippen molar-refractivity contribution >= 4 is 5.91 Å². The van der Waals surface area contributed by atoms with Gasteiger partial charge < -0.3 is 11.1 Å². The Morgan fingerprint density at radius 1 is 1.21 bits per heavy atom. The fourth-order valence-corrected chi connectivity index (χ4v) is 1.94. The van der Waals surface area contributed by atoms with Crippen molar-refractivity contribution in [3.05, 3.63) is 34.9 Å². The average molecular weight is 262 g/mol. The van der Waals surface area contributed by atoms with Crippen LogP contribution in [0.25, 0.3) is 0 Å². The Morgan fingerprint density at radius 2 is 1.84 bits per heavy atom. The minimum absolute atomic E-state index is 0.0416. The first-order chi connectivity index (χ1) is 8.90. The maximum atomic E-state index is 11.9. The summed E-state index contributed by atoms with van der Waals surface area (Å²) < 4.78 is 0. The topological polar surface area (TPSA) is 55.1 Å². The summed E-state index contributed by atoms with van der Waals surface area (Å²) in [6, 6.07) is 6.14. The molecule has 0 saturated heterocycles.